The molecular weight excluding hydrogens is 559 g/mol. The van der Waals surface area contributed by atoms with Gasteiger partial charge in [0, 0.05) is 22.0 Å². The minimum Gasteiger partial charge on any atom is -0.493 e. The Labute approximate surface area is 219 Å². The van der Waals surface area contributed by atoms with Gasteiger partial charge in [0.1, 0.15) is 11.3 Å². The third-order valence-electron chi connectivity index (χ3n) is 6.06. The van der Waals surface area contributed by atoms with Crippen molar-refractivity contribution in [2.75, 3.05) is 14.2 Å². The Bertz CT molecular complexity index is 1380. The lowest BCUT2D eigenvalue weighted by molar-refractivity contribution is -0.0199. The molecule has 5 rings (SSSR count). The van der Waals surface area contributed by atoms with E-state index in [4.69, 9.17) is 42.5 Å². The molecule has 2 aliphatic heterocycles. The van der Waals surface area contributed by atoms with Gasteiger partial charge in [0.2, 0.25) is 6.23 Å². The molecule has 2 aliphatic rings. The molecule has 10 heteroatoms. The summed E-state index contributed by atoms with van der Waals surface area (Å²) in [6.45, 7) is 0. The lowest BCUT2D eigenvalue weighted by atomic mass is 9.95. The molecule has 0 saturated heterocycles. The molecule has 1 N–H and O–H groups in total. The van der Waals surface area contributed by atoms with Gasteiger partial charge in [0.25, 0.3) is 0 Å². The molecule has 3 aromatic carbocycles. The lowest BCUT2D eigenvalue weighted by Gasteiger charge is -2.38. The molecule has 0 radical (unpaired) electrons. The summed E-state index contributed by atoms with van der Waals surface area (Å²) >= 11 is 15.9. The molecule has 0 aliphatic carbocycles. The molecule has 0 aromatic heterocycles. The number of methoxy groups -OCH3 is 2. The van der Waals surface area contributed by atoms with Crippen LogP contribution in [0.4, 0.5) is 0 Å². The van der Waals surface area contributed by atoms with E-state index in [2.05, 4.69) is 15.9 Å². The molecule has 0 bridgehead atoms. The molecule has 3 aromatic rings. The third kappa shape index (κ3) is 4.09. The Balaban J connectivity index is 1.68. The molecule has 0 amide bonds. The highest BCUT2D eigenvalue weighted by Gasteiger charge is 2.43. The fourth-order valence-corrected chi connectivity index (χ4v) is 5.16. The van der Waals surface area contributed by atoms with Crippen LogP contribution in [-0.2, 0) is 0 Å². The third-order valence-corrected chi connectivity index (χ3v) is 7.29. The van der Waals surface area contributed by atoms with E-state index in [-0.39, 0.29) is 17.4 Å². The van der Waals surface area contributed by atoms with Gasteiger partial charge < -0.3 is 19.3 Å². The van der Waals surface area contributed by atoms with Gasteiger partial charge >= 0.3 is 5.97 Å². The van der Waals surface area contributed by atoms with Crippen molar-refractivity contribution in [1.82, 2.24) is 5.01 Å². The maximum absolute atomic E-state index is 12.4. The molecular formula is C25H19BrCl2N2O5. The summed E-state index contributed by atoms with van der Waals surface area (Å²) in [6, 6.07) is 14.2. The number of fused-ring (bicyclic) bond motifs is 3. The van der Waals surface area contributed by atoms with Crippen molar-refractivity contribution < 1.29 is 24.1 Å². The van der Waals surface area contributed by atoms with Crippen LogP contribution in [0.25, 0.3) is 0 Å². The molecule has 2 heterocycles. The number of rotatable bonds is 5. The number of hydrogen-bond donors (Lipinski definition) is 1. The van der Waals surface area contributed by atoms with Crippen LogP contribution in [0.3, 0.4) is 0 Å². The van der Waals surface area contributed by atoms with Gasteiger partial charge in [0.15, 0.2) is 11.5 Å². The summed E-state index contributed by atoms with van der Waals surface area (Å²) < 4.78 is 18.0. The average molecular weight is 578 g/mol. The van der Waals surface area contributed by atoms with Crippen molar-refractivity contribution in [1.29, 1.82) is 0 Å². The van der Waals surface area contributed by atoms with E-state index in [1.54, 1.807) is 29.3 Å². The number of nitrogens with zero attached hydrogens (tertiary/aromatic N) is 2. The lowest BCUT2D eigenvalue weighted by Crippen LogP contribution is -2.34. The van der Waals surface area contributed by atoms with Crippen LogP contribution in [0, 0.1) is 0 Å². The molecule has 35 heavy (non-hydrogen) atoms. The number of benzene rings is 3. The number of carboxylic acids is 1. The molecule has 2 atom stereocenters. The highest BCUT2D eigenvalue weighted by Crippen LogP contribution is 2.50. The van der Waals surface area contributed by atoms with Crippen molar-refractivity contribution in [3.8, 4) is 17.2 Å². The van der Waals surface area contributed by atoms with E-state index in [9.17, 15) is 9.90 Å². The van der Waals surface area contributed by atoms with Gasteiger partial charge in [-0.2, -0.15) is 5.10 Å². The molecule has 0 saturated carbocycles. The van der Waals surface area contributed by atoms with Crippen LogP contribution in [0.5, 0.6) is 17.2 Å². The fourth-order valence-electron chi connectivity index (χ4n) is 4.48. The minimum atomic E-state index is -1.16. The van der Waals surface area contributed by atoms with Crippen molar-refractivity contribution in [3.05, 3.63) is 85.3 Å². The maximum atomic E-state index is 12.4. The molecule has 0 fully saturated rings. The van der Waals surface area contributed by atoms with Gasteiger partial charge in [0.05, 0.1) is 36.0 Å². The summed E-state index contributed by atoms with van der Waals surface area (Å²) in [6.07, 6.45) is -0.253. The molecule has 180 valence electrons. The fraction of sp³-hybridized carbons (Fsp3) is 0.200. The first-order chi connectivity index (χ1) is 16.8. The topological polar surface area (TPSA) is 80.6 Å². The number of hydrogen-bond acceptors (Lipinski definition) is 6. The highest BCUT2D eigenvalue weighted by molar-refractivity contribution is 9.10. The van der Waals surface area contributed by atoms with E-state index in [0.717, 1.165) is 21.3 Å². The quantitative estimate of drug-likeness (QED) is 0.363. The van der Waals surface area contributed by atoms with Crippen molar-refractivity contribution in [3.63, 3.8) is 0 Å². The van der Waals surface area contributed by atoms with E-state index >= 15 is 0 Å². The second-order valence-corrected chi connectivity index (χ2v) is 9.73. The second-order valence-electron chi connectivity index (χ2n) is 8.00. The zero-order valence-electron chi connectivity index (χ0n) is 18.6. The monoisotopic (exact) mass is 576 g/mol. The van der Waals surface area contributed by atoms with Gasteiger partial charge in [-0.15, -0.1) is 0 Å². The van der Waals surface area contributed by atoms with Gasteiger partial charge in [-0.05, 0) is 48.0 Å². The Kier molecular flexibility index (Phi) is 6.29. The maximum Gasteiger partial charge on any atom is 0.340 e. The van der Waals surface area contributed by atoms with Crippen molar-refractivity contribution >= 4 is 50.8 Å². The van der Waals surface area contributed by atoms with E-state index < -0.39 is 12.2 Å². The van der Waals surface area contributed by atoms with Gasteiger partial charge in [-0.3, -0.25) is 0 Å². The molecule has 7 nitrogen and oxygen atoms in total. The SMILES string of the molecule is COc1ccc([C@H]2Oc3ccc(Br)cc3[C@H]3CC(c4ccc(Cl)c(Cl)c4)=NN32)c(C(=O)O)c1OC. The minimum absolute atomic E-state index is 0.0469. The van der Waals surface area contributed by atoms with E-state index in [1.807, 2.05) is 24.3 Å². The number of carboxylic acid groups (broad SMARTS) is 1. The molecule has 0 spiro atoms. The van der Waals surface area contributed by atoms with Gasteiger partial charge in [-0.25, -0.2) is 9.80 Å². The number of aromatic carboxylic acids is 1. The Morgan fingerprint density at radius 1 is 1.09 bits per heavy atom. The Morgan fingerprint density at radius 2 is 1.89 bits per heavy atom. The van der Waals surface area contributed by atoms with Crippen LogP contribution < -0.4 is 14.2 Å². The standard InChI is InChI=1S/C25H19BrCl2N2O5/c1-33-21-8-5-14(22(25(31)32)23(21)34-2)24-30-19(15-10-13(26)4-7-20(15)35-24)11-18(29-30)12-3-6-16(27)17(28)9-12/h3-10,19,24H,11H2,1-2H3,(H,31,32)/t19-,24-/m1/s1. The smallest absolute Gasteiger partial charge is 0.340 e. The second kappa shape index (κ2) is 9.26. The zero-order chi connectivity index (χ0) is 24.9. The number of hydrazone groups is 1. The average Bonchev–Trinajstić information content (AvgIpc) is 3.30. The largest absolute Gasteiger partial charge is 0.493 e. The first-order valence-electron chi connectivity index (χ1n) is 10.6. The first kappa shape index (κ1) is 23.8. The predicted molar refractivity (Wildman–Crippen MR) is 136 cm³/mol. The number of carbonyl (C=O) groups is 1. The predicted octanol–water partition coefficient (Wildman–Crippen LogP) is 6.71. The Hall–Kier alpha value is -2.94. The van der Waals surface area contributed by atoms with Crippen molar-refractivity contribution in [2.45, 2.75) is 18.7 Å². The summed E-state index contributed by atoms with van der Waals surface area (Å²) in [4.78, 5) is 12.4. The van der Waals surface area contributed by atoms with Crippen LogP contribution in [0.2, 0.25) is 10.0 Å². The number of ether oxygens (including phenoxy) is 3. The number of halogens is 3. The summed E-state index contributed by atoms with van der Waals surface area (Å²) in [5.41, 5.74) is 2.90. The summed E-state index contributed by atoms with van der Waals surface area (Å²) in [7, 11) is 2.86. The highest BCUT2D eigenvalue weighted by atomic mass is 79.9. The van der Waals surface area contributed by atoms with Crippen molar-refractivity contribution in [2.24, 2.45) is 5.10 Å². The van der Waals surface area contributed by atoms with Crippen LogP contribution in [0.15, 0.2) is 58.1 Å². The normalized spacial score (nSPS) is 18.3. The Morgan fingerprint density at radius 3 is 2.57 bits per heavy atom. The molecule has 0 unspecified atom stereocenters. The van der Waals surface area contributed by atoms with Crippen LogP contribution in [-0.4, -0.2) is 36.0 Å². The van der Waals surface area contributed by atoms with Crippen LogP contribution in [0.1, 0.15) is 45.7 Å². The van der Waals surface area contributed by atoms with Crippen LogP contribution >= 0.6 is 39.1 Å². The zero-order valence-corrected chi connectivity index (χ0v) is 21.7. The van der Waals surface area contributed by atoms with E-state index in [1.165, 1.54) is 14.2 Å². The van der Waals surface area contributed by atoms with Gasteiger partial charge in [-0.1, -0.05) is 45.2 Å². The van der Waals surface area contributed by atoms with E-state index in [0.29, 0.717) is 33.5 Å². The summed E-state index contributed by atoms with van der Waals surface area (Å²) in [5.74, 6) is -0.0829. The first-order valence-corrected chi connectivity index (χ1v) is 12.1. The summed E-state index contributed by atoms with van der Waals surface area (Å²) in [5, 5.41) is 17.7.